The van der Waals surface area contributed by atoms with Gasteiger partial charge in [-0.25, -0.2) is 13.1 Å². The molecular formula is C18H21NO5S. The van der Waals surface area contributed by atoms with Crippen molar-refractivity contribution in [2.24, 2.45) is 0 Å². The molecule has 6 nitrogen and oxygen atoms in total. The van der Waals surface area contributed by atoms with Crippen LogP contribution in [0.5, 0.6) is 17.2 Å². The van der Waals surface area contributed by atoms with Crippen molar-refractivity contribution in [3.8, 4) is 17.2 Å². The van der Waals surface area contributed by atoms with E-state index in [0.29, 0.717) is 37.1 Å². The van der Waals surface area contributed by atoms with Crippen LogP contribution in [-0.2, 0) is 10.0 Å². The molecule has 1 unspecified atom stereocenters. The normalized spacial score (nSPS) is 14.8. The van der Waals surface area contributed by atoms with E-state index in [9.17, 15) is 8.42 Å². The highest BCUT2D eigenvalue weighted by molar-refractivity contribution is 7.89. The molecule has 0 spiro atoms. The van der Waals surface area contributed by atoms with Crippen LogP contribution in [-0.4, -0.2) is 28.2 Å². The van der Waals surface area contributed by atoms with Crippen LogP contribution in [0.4, 0.5) is 0 Å². The Hall–Kier alpha value is -2.25. The molecule has 1 atom stereocenters. The first-order valence-electron chi connectivity index (χ1n) is 8.14. The van der Waals surface area contributed by atoms with Crippen LogP contribution in [0.3, 0.4) is 0 Å². The highest BCUT2D eigenvalue weighted by Crippen LogP contribution is 2.33. The van der Waals surface area contributed by atoms with Gasteiger partial charge in [0.2, 0.25) is 10.0 Å². The summed E-state index contributed by atoms with van der Waals surface area (Å²) in [6, 6.07) is 11.4. The Balaban J connectivity index is 1.75. The maximum Gasteiger partial charge on any atom is 0.241 e. The van der Waals surface area contributed by atoms with E-state index in [0.717, 1.165) is 5.56 Å². The van der Waals surface area contributed by atoms with E-state index in [1.54, 1.807) is 31.2 Å². The minimum absolute atomic E-state index is 0.195. The topological polar surface area (TPSA) is 73.9 Å². The smallest absolute Gasteiger partial charge is 0.241 e. The second-order valence-electron chi connectivity index (χ2n) is 5.65. The zero-order valence-corrected chi connectivity index (χ0v) is 15.0. The minimum Gasteiger partial charge on any atom is -0.494 e. The molecule has 134 valence electrons. The first kappa shape index (κ1) is 17.6. The maximum atomic E-state index is 12.6. The molecule has 0 saturated carbocycles. The van der Waals surface area contributed by atoms with Crippen LogP contribution < -0.4 is 18.9 Å². The van der Waals surface area contributed by atoms with E-state index in [1.807, 2.05) is 13.0 Å². The predicted octanol–water partition coefficient (Wildman–Crippen LogP) is 2.90. The zero-order chi connectivity index (χ0) is 17.9. The van der Waals surface area contributed by atoms with Crippen molar-refractivity contribution in [3.63, 3.8) is 0 Å². The van der Waals surface area contributed by atoms with Gasteiger partial charge in [-0.1, -0.05) is 6.07 Å². The summed E-state index contributed by atoms with van der Waals surface area (Å²) in [5.74, 6) is 1.95. The van der Waals surface area contributed by atoms with Gasteiger partial charge in [0.15, 0.2) is 11.5 Å². The lowest BCUT2D eigenvalue weighted by Gasteiger charge is -2.21. The molecule has 7 heteroatoms. The van der Waals surface area contributed by atoms with Gasteiger partial charge in [0.25, 0.3) is 0 Å². The predicted molar refractivity (Wildman–Crippen MR) is 93.8 cm³/mol. The van der Waals surface area contributed by atoms with Gasteiger partial charge in [-0.3, -0.25) is 0 Å². The lowest BCUT2D eigenvalue weighted by Crippen LogP contribution is -2.27. The number of hydrogen-bond donors (Lipinski definition) is 1. The van der Waals surface area contributed by atoms with Crippen LogP contribution in [0.25, 0.3) is 0 Å². The monoisotopic (exact) mass is 363 g/mol. The molecule has 1 N–H and O–H groups in total. The standard InChI is InChI=1S/C18H21NO5S/c1-3-22-15-5-7-16(8-6-15)25(20,21)19-13(2)14-4-9-17-18(12-14)24-11-10-23-17/h4-9,12-13,19H,3,10-11H2,1-2H3. The Labute approximate surface area is 147 Å². The number of hydrogen-bond acceptors (Lipinski definition) is 5. The summed E-state index contributed by atoms with van der Waals surface area (Å²) in [7, 11) is -3.64. The molecule has 0 fully saturated rings. The molecule has 25 heavy (non-hydrogen) atoms. The van der Waals surface area contributed by atoms with Crippen LogP contribution in [0.1, 0.15) is 25.5 Å². The van der Waals surface area contributed by atoms with Crippen molar-refractivity contribution in [3.05, 3.63) is 48.0 Å². The summed E-state index contributed by atoms with van der Waals surface area (Å²) in [5, 5.41) is 0. The van der Waals surface area contributed by atoms with E-state index in [4.69, 9.17) is 14.2 Å². The van der Waals surface area contributed by atoms with E-state index in [-0.39, 0.29) is 4.90 Å². The molecular weight excluding hydrogens is 342 g/mol. The van der Waals surface area contributed by atoms with E-state index in [1.165, 1.54) is 12.1 Å². The molecule has 0 aliphatic carbocycles. The number of nitrogens with one attached hydrogen (secondary N) is 1. The lowest BCUT2D eigenvalue weighted by molar-refractivity contribution is 0.171. The first-order chi connectivity index (χ1) is 12.0. The molecule has 3 rings (SSSR count). The van der Waals surface area contributed by atoms with Crippen LogP contribution in [0, 0.1) is 0 Å². The highest BCUT2D eigenvalue weighted by atomic mass is 32.2. The number of ether oxygens (including phenoxy) is 3. The number of rotatable bonds is 6. The van der Waals surface area contributed by atoms with Gasteiger partial charge in [-0.2, -0.15) is 0 Å². The van der Waals surface area contributed by atoms with Crippen molar-refractivity contribution in [1.29, 1.82) is 0 Å². The molecule has 1 aliphatic rings. The van der Waals surface area contributed by atoms with Crippen molar-refractivity contribution in [2.45, 2.75) is 24.8 Å². The summed E-state index contributed by atoms with van der Waals surface area (Å²) in [4.78, 5) is 0.195. The van der Waals surface area contributed by atoms with Crippen molar-refractivity contribution in [2.75, 3.05) is 19.8 Å². The molecule has 2 aromatic rings. The van der Waals surface area contributed by atoms with Gasteiger partial charge in [-0.05, 0) is 55.8 Å². The second kappa shape index (κ2) is 7.33. The fourth-order valence-corrected chi connectivity index (χ4v) is 3.81. The third-order valence-electron chi connectivity index (χ3n) is 3.84. The highest BCUT2D eigenvalue weighted by Gasteiger charge is 2.20. The Morgan fingerprint density at radius 3 is 2.44 bits per heavy atom. The fraction of sp³-hybridized carbons (Fsp3) is 0.333. The Kier molecular flexibility index (Phi) is 5.15. The van der Waals surface area contributed by atoms with E-state index in [2.05, 4.69) is 4.72 Å². The van der Waals surface area contributed by atoms with Crippen LogP contribution in [0.2, 0.25) is 0 Å². The zero-order valence-electron chi connectivity index (χ0n) is 14.2. The molecule has 1 heterocycles. The van der Waals surface area contributed by atoms with E-state index < -0.39 is 16.1 Å². The number of sulfonamides is 1. The third kappa shape index (κ3) is 4.05. The van der Waals surface area contributed by atoms with Crippen molar-refractivity contribution >= 4 is 10.0 Å². The van der Waals surface area contributed by atoms with Gasteiger partial charge < -0.3 is 14.2 Å². The van der Waals surface area contributed by atoms with Crippen LogP contribution >= 0.6 is 0 Å². The van der Waals surface area contributed by atoms with Crippen molar-refractivity contribution in [1.82, 2.24) is 4.72 Å². The average Bonchev–Trinajstić information content (AvgIpc) is 2.61. The maximum absolute atomic E-state index is 12.6. The third-order valence-corrected chi connectivity index (χ3v) is 5.40. The van der Waals surface area contributed by atoms with Gasteiger partial charge in [0.1, 0.15) is 19.0 Å². The Morgan fingerprint density at radius 1 is 1.08 bits per heavy atom. The summed E-state index contributed by atoms with van der Waals surface area (Å²) >= 11 is 0. The minimum atomic E-state index is -3.64. The van der Waals surface area contributed by atoms with Crippen molar-refractivity contribution < 1.29 is 22.6 Å². The SMILES string of the molecule is CCOc1ccc(S(=O)(=O)NC(C)c2ccc3c(c2)OCCO3)cc1. The summed E-state index contributed by atoms with van der Waals surface area (Å²) in [6.07, 6.45) is 0. The number of benzene rings is 2. The summed E-state index contributed by atoms with van der Waals surface area (Å²) < 4.78 is 44.2. The Morgan fingerprint density at radius 2 is 1.76 bits per heavy atom. The largest absolute Gasteiger partial charge is 0.494 e. The molecule has 2 aromatic carbocycles. The second-order valence-corrected chi connectivity index (χ2v) is 7.36. The average molecular weight is 363 g/mol. The molecule has 0 saturated heterocycles. The van der Waals surface area contributed by atoms with Gasteiger partial charge in [0, 0.05) is 6.04 Å². The van der Waals surface area contributed by atoms with Gasteiger partial charge >= 0.3 is 0 Å². The molecule has 0 radical (unpaired) electrons. The van der Waals surface area contributed by atoms with Crippen LogP contribution in [0.15, 0.2) is 47.4 Å². The fourth-order valence-electron chi connectivity index (χ4n) is 2.58. The van der Waals surface area contributed by atoms with E-state index >= 15 is 0 Å². The molecule has 0 aromatic heterocycles. The molecule has 0 bridgehead atoms. The molecule has 0 amide bonds. The first-order valence-corrected chi connectivity index (χ1v) is 9.62. The number of fused-ring (bicyclic) bond motifs is 1. The summed E-state index contributed by atoms with van der Waals surface area (Å²) in [6.45, 7) is 5.21. The summed E-state index contributed by atoms with van der Waals surface area (Å²) in [5.41, 5.74) is 0.804. The quantitative estimate of drug-likeness (QED) is 0.854. The van der Waals surface area contributed by atoms with Gasteiger partial charge in [0.05, 0.1) is 11.5 Å². The Bertz CT molecular complexity index is 833. The molecule has 1 aliphatic heterocycles. The lowest BCUT2D eigenvalue weighted by atomic mass is 10.1. The van der Waals surface area contributed by atoms with Gasteiger partial charge in [-0.15, -0.1) is 0 Å².